The second-order valence-corrected chi connectivity index (χ2v) is 27.8. The molecular formula is C80H151NO10. The number of hydrogen-bond acceptors (Lipinski definition) is 10. The quantitative estimate of drug-likeness (QED) is 0.0195. The summed E-state index contributed by atoms with van der Waals surface area (Å²) in [6, 6.07) is -0.808. The summed E-state index contributed by atoms with van der Waals surface area (Å²) in [6.07, 6.45) is 80.2. The minimum Gasteiger partial charge on any atom is -0.466 e. The normalized spacial score (nSPS) is 17.7. The summed E-state index contributed by atoms with van der Waals surface area (Å²) in [7, 11) is 0. The fourth-order valence-corrected chi connectivity index (χ4v) is 12.8. The SMILES string of the molecule is CCCCCCCCCCCCCCC/C=C/C(O)C(COC1OC(CO)C(O)C(O)C1O)NC(=O)CCCCCCCCCCCCCCCCCCC/C=C\C/C=C\CCCCCCCCCCCCCCCOC(=O)CCCCCCCCCCCCC. The maximum absolute atomic E-state index is 13.1. The zero-order chi connectivity index (χ0) is 65.8. The summed E-state index contributed by atoms with van der Waals surface area (Å²) in [4.78, 5) is 25.1. The van der Waals surface area contributed by atoms with Gasteiger partial charge in [-0.25, -0.2) is 0 Å². The molecule has 11 heteroatoms. The lowest BCUT2D eigenvalue weighted by Gasteiger charge is -2.40. The van der Waals surface area contributed by atoms with Crippen molar-refractivity contribution in [3.05, 3.63) is 36.5 Å². The molecule has 0 spiro atoms. The van der Waals surface area contributed by atoms with E-state index in [-0.39, 0.29) is 18.5 Å². The van der Waals surface area contributed by atoms with Crippen LogP contribution in [0.15, 0.2) is 36.5 Å². The third-order valence-electron chi connectivity index (χ3n) is 19.0. The van der Waals surface area contributed by atoms with E-state index >= 15 is 0 Å². The topological polar surface area (TPSA) is 175 Å². The second kappa shape index (κ2) is 69.2. The first kappa shape index (κ1) is 86.9. The third-order valence-corrected chi connectivity index (χ3v) is 19.0. The lowest BCUT2D eigenvalue weighted by molar-refractivity contribution is -0.302. The number of unbranched alkanes of at least 4 members (excludes halogenated alkanes) is 53. The van der Waals surface area contributed by atoms with Crippen LogP contribution in [0.3, 0.4) is 0 Å². The molecular weight excluding hydrogens is 1130 g/mol. The number of ether oxygens (including phenoxy) is 3. The van der Waals surface area contributed by atoms with Crippen molar-refractivity contribution in [2.45, 2.75) is 442 Å². The lowest BCUT2D eigenvalue weighted by atomic mass is 9.99. The van der Waals surface area contributed by atoms with E-state index in [1.54, 1.807) is 6.08 Å². The Morgan fingerprint density at radius 2 is 0.736 bits per heavy atom. The highest BCUT2D eigenvalue weighted by molar-refractivity contribution is 5.76. The van der Waals surface area contributed by atoms with Crippen molar-refractivity contribution in [2.75, 3.05) is 19.8 Å². The average Bonchev–Trinajstić information content (AvgIpc) is 1.62. The standard InChI is InChI=1S/C80H151NO10/c1-3-5-7-9-11-13-15-16-40-43-47-50-54-58-62-66-73(83)72(71-90-80-79(88)78(87)77(86)74(70-82)91-80)81-75(84)67-63-59-55-51-48-44-41-38-36-34-32-30-28-26-24-22-20-18-17-19-21-23-25-27-29-31-33-35-37-39-42-45-49-53-57-61-65-69-89-76(85)68-64-60-56-52-46-14-12-10-8-6-4-2/h17,19,23,25,62,66,72-74,77-80,82-83,86-88H,3-16,18,20-22,24,26-61,63-65,67-71H2,1-2H3,(H,81,84)/b19-17-,25-23-,66-62+. The molecule has 6 N–H and O–H groups in total. The first-order valence-corrected chi connectivity index (χ1v) is 39.8. The van der Waals surface area contributed by atoms with Gasteiger partial charge in [-0.3, -0.25) is 9.59 Å². The molecule has 1 aliphatic rings. The van der Waals surface area contributed by atoms with Gasteiger partial charge in [0.2, 0.25) is 5.91 Å². The smallest absolute Gasteiger partial charge is 0.305 e. The van der Waals surface area contributed by atoms with Crippen molar-refractivity contribution in [3.63, 3.8) is 0 Å². The molecule has 7 atom stereocenters. The van der Waals surface area contributed by atoms with Crippen LogP contribution in [0.4, 0.5) is 0 Å². The first-order valence-electron chi connectivity index (χ1n) is 39.8. The van der Waals surface area contributed by atoms with Crippen LogP contribution in [0, 0.1) is 0 Å². The highest BCUT2D eigenvalue weighted by Gasteiger charge is 2.44. The molecule has 11 nitrogen and oxygen atoms in total. The van der Waals surface area contributed by atoms with Crippen molar-refractivity contribution >= 4 is 11.9 Å². The Labute approximate surface area is 562 Å². The largest absolute Gasteiger partial charge is 0.466 e. The van der Waals surface area contributed by atoms with Crippen LogP contribution in [0.1, 0.15) is 399 Å². The minimum atomic E-state index is -1.57. The van der Waals surface area contributed by atoms with E-state index in [2.05, 4.69) is 43.5 Å². The van der Waals surface area contributed by atoms with E-state index in [9.17, 15) is 35.1 Å². The monoisotopic (exact) mass is 1290 g/mol. The molecule has 0 aromatic carbocycles. The minimum absolute atomic E-state index is 0.0128. The van der Waals surface area contributed by atoms with Gasteiger partial charge in [0.25, 0.3) is 0 Å². The van der Waals surface area contributed by atoms with Gasteiger partial charge in [-0.05, 0) is 64.2 Å². The van der Waals surface area contributed by atoms with Gasteiger partial charge in [-0.15, -0.1) is 0 Å². The number of nitrogens with one attached hydrogen (secondary N) is 1. The molecule has 0 saturated carbocycles. The van der Waals surface area contributed by atoms with Crippen molar-refractivity contribution < 1.29 is 49.3 Å². The van der Waals surface area contributed by atoms with Crippen molar-refractivity contribution in [2.24, 2.45) is 0 Å². The number of aliphatic hydroxyl groups excluding tert-OH is 5. The number of esters is 1. The summed E-state index contributed by atoms with van der Waals surface area (Å²) in [5, 5.41) is 54.6. The van der Waals surface area contributed by atoms with Crippen molar-refractivity contribution in [1.82, 2.24) is 5.32 Å². The predicted octanol–water partition coefficient (Wildman–Crippen LogP) is 21.3. The highest BCUT2D eigenvalue weighted by atomic mass is 16.7. The van der Waals surface area contributed by atoms with Gasteiger partial charge in [-0.1, -0.05) is 359 Å². The van der Waals surface area contributed by atoms with E-state index < -0.39 is 49.5 Å². The van der Waals surface area contributed by atoms with E-state index in [4.69, 9.17) is 14.2 Å². The average molecular weight is 1290 g/mol. The highest BCUT2D eigenvalue weighted by Crippen LogP contribution is 2.24. The molecule has 7 unspecified atom stereocenters. The van der Waals surface area contributed by atoms with Crippen LogP contribution in [0.5, 0.6) is 0 Å². The Bertz CT molecular complexity index is 1610. The third kappa shape index (κ3) is 57.8. The van der Waals surface area contributed by atoms with Gasteiger partial charge in [-0.2, -0.15) is 0 Å². The maximum atomic E-state index is 13.1. The zero-order valence-electron chi connectivity index (χ0n) is 59.8. The van der Waals surface area contributed by atoms with Crippen molar-refractivity contribution in [3.8, 4) is 0 Å². The number of carbonyl (C=O) groups is 2. The molecule has 536 valence electrons. The van der Waals surface area contributed by atoms with Crippen LogP contribution < -0.4 is 5.32 Å². The first-order chi connectivity index (χ1) is 44.7. The van der Waals surface area contributed by atoms with Gasteiger partial charge in [0.15, 0.2) is 6.29 Å². The Hall–Kier alpha value is -2.12. The maximum Gasteiger partial charge on any atom is 0.305 e. The molecule has 1 heterocycles. The van der Waals surface area contributed by atoms with E-state index in [1.165, 1.54) is 315 Å². The fourth-order valence-electron chi connectivity index (χ4n) is 12.8. The summed E-state index contributed by atoms with van der Waals surface area (Å²) >= 11 is 0. The van der Waals surface area contributed by atoms with Crippen LogP contribution in [-0.2, 0) is 23.8 Å². The summed E-state index contributed by atoms with van der Waals surface area (Å²) in [5.41, 5.74) is 0. The number of aliphatic hydroxyl groups is 5. The van der Waals surface area contributed by atoms with E-state index in [0.29, 0.717) is 19.4 Å². The number of carbonyl (C=O) groups excluding carboxylic acids is 2. The molecule has 1 amide bonds. The van der Waals surface area contributed by atoms with E-state index in [1.807, 2.05) is 6.08 Å². The van der Waals surface area contributed by atoms with Gasteiger partial charge in [0, 0.05) is 12.8 Å². The molecule has 91 heavy (non-hydrogen) atoms. The van der Waals surface area contributed by atoms with E-state index in [0.717, 1.165) is 57.8 Å². The molecule has 0 aromatic heterocycles. The van der Waals surface area contributed by atoms with Gasteiger partial charge >= 0.3 is 5.97 Å². The molecule has 1 rings (SSSR count). The Morgan fingerprint density at radius 3 is 1.11 bits per heavy atom. The molecule has 0 radical (unpaired) electrons. The van der Waals surface area contributed by atoms with Crippen LogP contribution in [0.2, 0.25) is 0 Å². The predicted molar refractivity (Wildman–Crippen MR) is 384 cm³/mol. The van der Waals surface area contributed by atoms with Crippen LogP contribution in [0.25, 0.3) is 0 Å². The summed E-state index contributed by atoms with van der Waals surface area (Å²) in [5.74, 6) is -0.163. The van der Waals surface area contributed by atoms with Gasteiger partial charge in [0.05, 0.1) is 32.0 Å². The number of allylic oxidation sites excluding steroid dienone is 5. The fraction of sp³-hybridized carbons (Fsp3) is 0.900. The molecule has 1 saturated heterocycles. The van der Waals surface area contributed by atoms with Crippen LogP contribution >= 0.6 is 0 Å². The van der Waals surface area contributed by atoms with Crippen LogP contribution in [-0.4, -0.2) is 100 Å². The molecule has 0 aliphatic carbocycles. The molecule has 1 fully saturated rings. The van der Waals surface area contributed by atoms with Crippen molar-refractivity contribution in [1.29, 1.82) is 0 Å². The number of hydrogen-bond donors (Lipinski definition) is 6. The number of rotatable bonds is 71. The summed E-state index contributed by atoms with van der Waals surface area (Å²) in [6.45, 7) is 4.40. The van der Waals surface area contributed by atoms with Gasteiger partial charge < -0.3 is 45.1 Å². The summed E-state index contributed by atoms with van der Waals surface area (Å²) < 4.78 is 16.8. The molecule has 0 aromatic rings. The Balaban J connectivity index is 1.94. The molecule has 0 bridgehead atoms. The lowest BCUT2D eigenvalue weighted by Crippen LogP contribution is -2.60. The van der Waals surface area contributed by atoms with Gasteiger partial charge in [0.1, 0.15) is 24.4 Å². The molecule has 1 aliphatic heterocycles. The zero-order valence-corrected chi connectivity index (χ0v) is 59.8. The second-order valence-electron chi connectivity index (χ2n) is 27.8. The Morgan fingerprint density at radius 1 is 0.407 bits per heavy atom. The number of amides is 1. The Kier molecular flexibility index (Phi) is 66.1.